The normalized spacial score (nSPS) is 15.1. The van der Waals surface area contributed by atoms with Crippen molar-refractivity contribution in [3.05, 3.63) is 84.4 Å². The van der Waals surface area contributed by atoms with E-state index >= 15 is 0 Å². The molecule has 2 heterocycles. The van der Waals surface area contributed by atoms with E-state index in [0.717, 1.165) is 33.2 Å². The Kier molecular flexibility index (Phi) is 6.46. The molecule has 2 N–H and O–H groups in total. The zero-order valence-corrected chi connectivity index (χ0v) is 20.1. The Bertz CT molecular complexity index is 1290. The van der Waals surface area contributed by atoms with Crippen LogP contribution < -0.4 is 15.5 Å². The van der Waals surface area contributed by atoms with Crippen LogP contribution >= 0.6 is 23.5 Å². The molecule has 0 fully saturated rings. The number of thioether (sulfide) groups is 2. The summed E-state index contributed by atoms with van der Waals surface area (Å²) in [5.41, 5.74) is 2.87. The van der Waals surface area contributed by atoms with E-state index in [2.05, 4.69) is 28.4 Å². The molecule has 5 rings (SSSR count). The highest BCUT2D eigenvalue weighted by Gasteiger charge is 2.32. The molecule has 1 aromatic heterocycles. The number of anilines is 1. The van der Waals surface area contributed by atoms with Crippen molar-refractivity contribution in [2.24, 2.45) is 0 Å². The van der Waals surface area contributed by atoms with Crippen LogP contribution in [-0.4, -0.2) is 39.4 Å². The van der Waals surface area contributed by atoms with Crippen LogP contribution in [0.2, 0.25) is 0 Å². The van der Waals surface area contributed by atoms with Gasteiger partial charge in [0.05, 0.1) is 24.6 Å². The second-order valence-electron chi connectivity index (χ2n) is 7.66. The predicted octanol–water partition coefficient (Wildman–Crippen LogP) is 4.64. The van der Waals surface area contributed by atoms with E-state index in [1.54, 1.807) is 18.9 Å². The lowest BCUT2D eigenvalue weighted by Crippen LogP contribution is -2.39. The molecule has 0 saturated carbocycles. The van der Waals surface area contributed by atoms with Gasteiger partial charge in [-0.3, -0.25) is 4.79 Å². The number of carbonyl (C=O) groups is 1. The molecule has 7 nitrogen and oxygen atoms in total. The molecule has 1 aliphatic heterocycles. The van der Waals surface area contributed by atoms with Crippen molar-refractivity contribution in [1.82, 2.24) is 14.9 Å². The third-order valence-electron chi connectivity index (χ3n) is 5.62. The predicted molar refractivity (Wildman–Crippen MR) is 137 cm³/mol. The third-order valence-corrected chi connectivity index (χ3v) is 7.69. The van der Waals surface area contributed by atoms with Gasteiger partial charge >= 0.3 is 0 Å². The lowest BCUT2D eigenvalue weighted by Gasteiger charge is -2.37. The number of nitrogens with zero attached hydrogens (tertiary/aromatic N) is 4. The van der Waals surface area contributed by atoms with Crippen molar-refractivity contribution in [3.63, 3.8) is 0 Å². The average Bonchev–Trinajstić information content (AvgIpc) is 3.27. The Morgan fingerprint density at radius 3 is 2.56 bits per heavy atom. The first-order chi connectivity index (χ1) is 16.7. The van der Waals surface area contributed by atoms with Gasteiger partial charge in [-0.1, -0.05) is 54.2 Å². The summed E-state index contributed by atoms with van der Waals surface area (Å²) in [6.07, 6.45) is 0. The second kappa shape index (κ2) is 9.82. The minimum Gasteiger partial charge on any atom is -0.497 e. The fraction of sp³-hybridized carbons (Fsp3) is 0.160. The van der Waals surface area contributed by atoms with Gasteiger partial charge in [0, 0.05) is 16.2 Å². The minimum atomic E-state index is -0.0418. The van der Waals surface area contributed by atoms with Crippen LogP contribution in [0.4, 0.5) is 5.69 Å². The summed E-state index contributed by atoms with van der Waals surface area (Å²) in [6, 6.07) is 25.6. The van der Waals surface area contributed by atoms with E-state index in [0.29, 0.717) is 11.0 Å². The monoisotopic (exact) mass is 489 g/mol. The van der Waals surface area contributed by atoms with Crippen LogP contribution in [0.5, 0.6) is 5.75 Å². The Morgan fingerprint density at radius 2 is 1.79 bits per heavy atom. The molecule has 0 radical (unpaired) electrons. The standard InChI is InChI=1S/C25H23N5O2S2/c1-32-19-13-11-18(12-14-19)24-27-28-25(30(24)26)34-16-23(31)29-20-9-5-6-10-22(20)33-15-21(29)17-7-3-2-4-8-17/h2-14,21H,15-16,26H2,1H3/t21-/m1/s1. The zero-order valence-electron chi connectivity index (χ0n) is 18.5. The molecule has 1 aliphatic rings. The largest absolute Gasteiger partial charge is 0.497 e. The highest BCUT2D eigenvalue weighted by molar-refractivity contribution is 8.00. The first-order valence-electron chi connectivity index (χ1n) is 10.7. The van der Waals surface area contributed by atoms with Gasteiger partial charge in [-0.05, 0) is 42.0 Å². The van der Waals surface area contributed by atoms with Gasteiger partial charge < -0.3 is 15.5 Å². The minimum absolute atomic E-state index is 0.000556. The SMILES string of the molecule is COc1ccc(-c2nnc(SCC(=O)N3c4ccccc4SC[C@@H]3c3ccccc3)n2N)cc1. The van der Waals surface area contributed by atoms with Gasteiger partial charge in [-0.15, -0.1) is 22.0 Å². The van der Waals surface area contributed by atoms with Crippen molar-refractivity contribution < 1.29 is 9.53 Å². The van der Waals surface area contributed by atoms with Gasteiger partial charge in [0.15, 0.2) is 5.82 Å². The number of ether oxygens (including phenoxy) is 1. The Hall–Kier alpha value is -3.43. The Labute approximate surface area is 206 Å². The summed E-state index contributed by atoms with van der Waals surface area (Å²) in [5, 5.41) is 8.93. The summed E-state index contributed by atoms with van der Waals surface area (Å²) in [4.78, 5) is 16.6. The maximum absolute atomic E-state index is 13.6. The van der Waals surface area contributed by atoms with E-state index in [4.69, 9.17) is 10.6 Å². The summed E-state index contributed by atoms with van der Waals surface area (Å²) in [6.45, 7) is 0. The second-order valence-corrected chi connectivity index (χ2v) is 9.67. The van der Waals surface area contributed by atoms with E-state index in [-0.39, 0.29) is 17.7 Å². The number of hydrogen-bond donors (Lipinski definition) is 1. The van der Waals surface area contributed by atoms with Crippen LogP contribution in [0, 0.1) is 0 Å². The number of hydrogen-bond acceptors (Lipinski definition) is 7. The molecule has 34 heavy (non-hydrogen) atoms. The maximum Gasteiger partial charge on any atom is 0.238 e. The molecule has 4 aromatic rings. The lowest BCUT2D eigenvalue weighted by atomic mass is 10.1. The molecule has 3 aromatic carbocycles. The van der Waals surface area contributed by atoms with Crippen molar-refractivity contribution in [3.8, 4) is 17.1 Å². The van der Waals surface area contributed by atoms with E-state index in [1.807, 2.05) is 65.6 Å². The smallest absolute Gasteiger partial charge is 0.238 e. The van der Waals surface area contributed by atoms with Crippen LogP contribution in [0.15, 0.2) is 88.9 Å². The number of nitrogens with two attached hydrogens (primary N) is 1. The van der Waals surface area contributed by atoms with Crippen molar-refractivity contribution in [1.29, 1.82) is 0 Å². The van der Waals surface area contributed by atoms with Gasteiger partial charge in [0.1, 0.15) is 5.75 Å². The van der Waals surface area contributed by atoms with E-state index in [9.17, 15) is 4.79 Å². The first kappa shape index (κ1) is 22.4. The van der Waals surface area contributed by atoms with E-state index < -0.39 is 0 Å². The van der Waals surface area contributed by atoms with Gasteiger partial charge in [-0.2, -0.15) is 0 Å². The molecule has 0 unspecified atom stereocenters. The number of fused-ring (bicyclic) bond motifs is 1. The zero-order chi connectivity index (χ0) is 23.5. The topological polar surface area (TPSA) is 86.3 Å². The Morgan fingerprint density at radius 1 is 1.06 bits per heavy atom. The van der Waals surface area contributed by atoms with E-state index in [1.165, 1.54) is 16.4 Å². The van der Waals surface area contributed by atoms with Gasteiger partial charge in [-0.25, -0.2) is 4.68 Å². The number of nitrogen functional groups attached to an aromatic ring is 1. The molecule has 0 saturated heterocycles. The fourth-order valence-corrected chi connectivity index (χ4v) is 5.81. The number of methoxy groups -OCH3 is 1. The van der Waals surface area contributed by atoms with Gasteiger partial charge in [0.2, 0.25) is 11.1 Å². The maximum atomic E-state index is 13.6. The summed E-state index contributed by atoms with van der Waals surface area (Å²) in [5.74, 6) is 8.55. The number of carbonyl (C=O) groups excluding carboxylic acids is 1. The van der Waals surface area contributed by atoms with Crippen LogP contribution in [0.25, 0.3) is 11.4 Å². The third kappa shape index (κ3) is 4.36. The number of benzene rings is 3. The number of aromatic nitrogens is 3. The fourth-order valence-electron chi connectivity index (χ4n) is 3.93. The van der Waals surface area contributed by atoms with Crippen molar-refractivity contribution >= 4 is 35.1 Å². The first-order valence-corrected chi connectivity index (χ1v) is 12.7. The highest BCUT2D eigenvalue weighted by Crippen LogP contribution is 2.43. The molecule has 1 amide bonds. The average molecular weight is 490 g/mol. The number of amides is 1. The molecule has 172 valence electrons. The summed E-state index contributed by atoms with van der Waals surface area (Å²) >= 11 is 3.06. The molecule has 1 atom stereocenters. The molecule has 0 spiro atoms. The number of para-hydroxylation sites is 1. The molecular formula is C25H23N5O2S2. The van der Waals surface area contributed by atoms with Crippen LogP contribution in [0.1, 0.15) is 11.6 Å². The van der Waals surface area contributed by atoms with Gasteiger partial charge in [0.25, 0.3) is 0 Å². The highest BCUT2D eigenvalue weighted by atomic mass is 32.2. The molecule has 0 bridgehead atoms. The lowest BCUT2D eigenvalue weighted by molar-refractivity contribution is -0.116. The van der Waals surface area contributed by atoms with Crippen molar-refractivity contribution in [2.75, 3.05) is 29.4 Å². The molecule has 0 aliphatic carbocycles. The van der Waals surface area contributed by atoms with Crippen molar-refractivity contribution in [2.45, 2.75) is 16.1 Å². The number of rotatable bonds is 6. The quantitative estimate of drug-likeness (QED) is 0.312. The van der Waals surface area contributed by atoms with Crippen LogP contribution in [-0.2, 0) is 4.79 Å². The molecular weight excluding hydrogens is 466 g/mol. The van der Waals surface area contributed by atoms with Crippen LogP contribution in [0.3, 0.4) is 0 Å². The summed E-state index contributed by atoms with van der Waals surface area (Å²) in [7, 11) is 1.62. The Balaban J connectivity index is 1.37. The molecule has 9 heteroatoms. The summed E-state index contributed by atoms with van der Waals surface area (Å²) < 4.78 is 6.63.